The second-order valence-electron chi connectivity index (χ2n) is 5.97. The lowest BCUT2D eigenvalue weighted by atomic mass is 9.91. The Labute approximate surface area is 214 Å². The van der Waals surface area contributed by atoms with Crippen LogP contribution in [0, 0.1) is 14.3 Å². The van der Waals surface area contributed by atoms with E-state index in [1.807, 2.05) is 63.4 Å². The third-order valence-corrected chi connectivity index (χ3v) is 7.51. The summed E-state index contributed by atoms with van der Waals surface area (Å²) in [6, 6.07) is 12.7. The van der Waals surface area contributed by atoms with Crippen molar-refractivity contribution in [3.8, 4) is 22.5 Å². The Morgan fingerprint density at radius 3 is 2.36 bits per heavy atom. The Morgan fingerprint density at radius 1 is 0.929 bits per heavy atom. The maximum absolute atomic E-state index is 12.5. The number of aromatic carboxylic acids is 1. The molecule has 0 saturated carbocycles. The van der Waals surface area contributed by atoms with Crippen molar-refractivity contribution < 1.29 is 14.3 Å². The van der Waals surface area contributed by atoms with Crippen molar-refractivity contribution in [1.82, 2.24) is 0 Å². The fourth-order valence-electron chi connectivity index (χ4n) is 3.14. The number of halogens is 4. The summed E-state index contributed by atoms with van der Waals surface area (Å²) in [7, 11) is 0. The molecule has 1 N–H and O–H groups in total. The molecule has 0 atom stereocenters. The molecular weight excluding hydrogens is 812 g/mol. The van der Waals surface area contributed by atoms with Gasteiger partial charge < -0.3 is 9.52 Å². The van der Waals surface area contributed by atoms with Gasteiger partial charge in [0.2, 0.25) is 5.43 Å². The van der Waals surface area contributed by atoms with Crippen molar-refractivity contribution in [3.05, 3.63) is 72.5 Å². The van der Waals surface area contributed by atoms with E-state index < -0.39 is 5.97 Å². The predicted octanol–water partition coefficient (Wildman–Crippen LogP) is 6.68. The molecule has 0 radical (unpaired) electrons. The number of carboxylic acid groups (broad SMARTS) is 1. The molecule has 2 aromatic carbocycles. The van der Waals surface area contributed by atoms with Gasteiger partial charge in [0.25, 0.3) is 0 Å². The number of benzene rings is 3. The van der Waals surface area contributed by atoms with Crippen LogP contribution in [0.4, 0.5) is 0 Å². The van der Waals surface area contributed by atoms with Crippen LogP contribution in [-0.2, 0) is 0 Å². The molecule has 0 fully saturated rings. The van der Waals surface area contributed by atoms with E-state index in [0.717, 1.165) is 23.7 Å². The Balaban J connectivity index is 2.32. The van der Waals surface area contributed by atoms with E-state index in [0.29, 0.717) is 24.0 Å². The maximum Gasteiger partial charge on any atom is 0.336 e. The molecule has 2 aromatic rings. The molecule has 4 rings (SSSR count). The van der Waals surface area contributed by atoms with E-state index in [2.05, 4.69) is 45.2 Å². The van der Waals surface area contributed by atoms with Crippen LogP contribution in [0.3, 0.4) is 0 Å². The lowest BCUT2D eigenvalue weighted by molar-refractivity contribution is 0.0697. The van der Waals surface area contributed by atoms with E-state index >= 15 is 0 Å². The SMILES string of the molecule is O=C(O)c1ccccc1-c1c2cc(I)c(=O)c(I)c-2oc2c(I)cc(I)cc12. The molecule has 28 heavy (non-hydrogen) atoms. The molecule has 0 amide bonds. The highest BCUT2D eigenvalue weighted by Gasteiger charge is 2.26. The molecule has 1 aliphatic heterocycles. The summed E-state index contributed by atoms with van der Waals surface area (Å²) in [6.45, 7) is 0. The van der Waals surface area contributed by atoms with E-state index in [-0.39, 0.29) is 11.0 Å². The number of hydrogen-bond donors (Lipinski definition) is 1. The van der Waals surface area contributed by atoms with Crippen LogP contribution >= 0.6 is 90.4 Å². The van der Waals surface area contributed by atoms with Crippen molar-refractivity contribution in [3.63, 3.8) is 0 Å². The van der Waals surface area contributed by atoms with Crippen molar-refractivity contribution in [2.45, 2.75) is 0 Å². The maximum atomic E-state index is 12.5. The number of carbonyl (C=O) groups is 1. The van der Waals surface area contributed by atoms with Gasteiger partial charge in [0.15, 0.2) is 5.76 Å². The topological polar surface area (TPSA) is 67.5 Å². The average Bonchev–Trinajstić information content (AvgIpc) is 2.65. The summed E-state index contributed by atoms with van der Waals surface area (Å²) in [5, 5.41) is 10.6. The second-order valence-corrected chi connectivity index (χ2v) is 10.6. The second kappa shape index (κ2) is 7.98. The largest absolute Gasteiger partial charge is 0.478 e. The summed E-state index contributed by atoms with van der Waals surface area (Å²) in [4.78, 5) is 24.4. The Kier molecular flexibility index (Phi) is 5.92. The lowest BCUT2D eigenvalue weighted by Crippen LogP contribution is -2.12. The molecule has 1 heterocycles. The van der Waals surface area contributed by atoms with Gasteiger partial charge in [-0.05, 0) is 120 Å². The van der Waals surface area contributed by atoms with Crippen molar-refractivity contribution >= 4 is 107 Å². The van der Waals surface area contributed by atoms with Gasteiger partial charge in [-0.3, -0.25) is 4.79 Å². The summed E-state index contributed by atoms with van der Waals surface area (Å²) in [6.07, 6.45) is 0. The van der Waals surface area contributed by atoms with Crippen LogP contribution in [0.15, 0.2) is 51.7 Å². The number of rotatable bonds is 2. The van der Waals surface area contributed by atoms with Crippen molar-refractivity contribution in [1.29, 1.82) is 0 Å². The molecule has 0 saturated heterocycles. The van der Waals surface area contributed by atoms with E-state index in [1.54, 1.807) is 24.3 Å². The third kappa shape index (κ3) is 3.47. The minimum atomic E-state index is -0.997. The minimum absolute atomic E-state index is 0.0882. The van der Waals surface area contributed by atoms with E-state index in [1.165, 1.54) is 0 Å². The zero-order valence-electron chi connectivity index (χ0n) is 13.7. The van der Waals surface area contributed by atoms with Gasteiger partial charge >= 0.3 is 5.97 Å². The summed E-state index contributed by atoms with van der Waals surface area (Å²) < 4.78 is 9.17. The third-order valence-electron chi connectivity index (χ3n) is 4.31. The van der Waals surface area contributed by atoms with E-state index in [4.69, 9.17) is 4.42 Å². The molecule has 0 unspecified atom stereocenters. The molecule has 4 nitrogen and oxygen atoms in total. The molecule has 2 aliphatic rings. The van der Waals surface area contributed by atoms with Gasteiger partial charge in [-0.25, -0.2) is 4.79 Å². The number of fused-ring (bicyclic) bond motifs is 2. The van der Waals surface area contributed by atoms with Crippen LogP contribution in [0.2, 0.25) is 0 Å². The fourth-order valence-corrected chi connectivity index (χ4v) is 6.89. The zero-order chi connectivity index (χ0) is 20.2. The normalized spacial score (nSPS) is 11.3. The van der Waals surface area contributed by atoms with Crippen molar-refractivity contribution in [2.24, 2.45) is 0 Å². The summed E-state index contributed by atoms with van der Waals surface area (Å²) in [5.74, 6) is -0.518. The molecule has 8 heteroatoms. The highest BCUT2D eigenvalue weighted by atomic mass is 127. The molecular formula is C20H8I4O4. The zero-order valence-corrected chi connectivity index (χ0v) is 22.4. The Hall–Kier alpha value is -0.480. The highest BCUT2D eigenvalue weighted by molar-refractivity contribution is 14.1. The first-order valence-electron chi connectivity index (χ1n) is 7.86. The van der Waals surface area contributed by atoms with Gasteiger partial charge in [0.05, 0.1) is 12.7 Å². The molecule has 0 bridgehead atoms. The standard InChI is InChI=1S/C20H8I4O4/c21-8-5-11-15(9-3-1-2-4-10(9)20(26)27)12-7-13(22)17(25)16(24)19(12)28-18(11)14(23)6-8/h1-7H,(H,26,27). The molecule has 140 valence electrons. The number of carboxylic acids is 1. The first-order chi connectivity index (χ1) is 13.3. The van der Waals surface area contributed by atoms with Crippen LogP contribution < -0.4 is 5.43 Å². The summed E-state index contributed by atoms with van der Waals surface area (Å²) in [5.41, 5.74) is 2.86. The van der Waals surface area contributed by atoms with Gasteiger partial charge in [-0.1, -0.05) is 18.2 Å². The first kappa shape index (κ1) is 20.8. The molecule has 0 spiro atoms. The minimum Gasteiger partial charge on any atom is -0.478 e. The average molecular weight is 820 g/mol. The highest BCUT2D eigenvalue weighted by Crippen LogP contribution is 2.44. The van der Waals surface area contributed by atoms with Crippen LogP contribution in [0.1, 0.15) is 10.4 Å². The number of hydrogen-bond acceptors (Lipinski definition) is 3. The van der Waals surface area contributed by atoms with Crippen LogP contribution in [0.25, 0.3) is 33.4 Å². The van der Waals surface area contributed by atoms with E-state index in [9.17, 15) is 14.7 Å². The van der Waals surface area contributed by atoms with Gasteiger partial charge in [-0.2, -0.15) is 0 Å². The quantitative estimate of drug-likeness (QED) is 0.181. The van der Waals surface area contributed by atoms with Crippen LogP contribution in [0.5, 0.6) is 0 Å². The predicted molar refractivity (Wildman–Crippen MR) is 142 cm³/mol. The smallest absolute Gasteiger partial charge is 0.336 e. The Bertz CT molecular complexity index is 1310. The molecule has 0 aromatic heterocycles. The monoisotopic (exact) mass is 820 g/mol. The Morgan fingerprint density at radius 2 is 1.64 bits per heavy atom. The first-order valence-corrected chi connectivity index (χ1v) is 12.2. The van der Waals surface area contributed by atoms with Gasteiger partial charge in [0.1, 0.15) is 9.15 Å². The lowest BCUT2D eigenvalue weighted by Gasteiger charge is -2.18. The van der Waals surface area contributed by atoms with Gasteiger partial charge in [0, 0.05) is 20.1 Å². The fraction of sp³-hybridized carbons (Fsp3) is 0. The van der Waals surface area contributed by atoms with Gasteiger partial charge in [-0.15, -0.1) is 0 Å². The van der Waals surface area contributed by atoms with Crippen LogP contribution in [-0.4, -0.2) is 11.1 Å². The summed E-state index contributed by atoms with van der Waals surface area (Å²) >= 11 is 8.46. The molecule has 1 aliphatic carbocycles. The van der Waals surface area contributed by atoms with Crippen molar-refractivity contribution in [2.75, 3.05) is 0 Å².